The minimum Gasteiger partial charge on any atom is -0.494 e. The summed E-state index contributed by atoms with van der Waals surface area (Å²) in [7, 11) is -1.99. The van der Waals surface area contributed by atoms with Crippen LogP contribution in [0.15, 0.2) is 29.2 Å². The normalized spacial score (nSPS) is 12.7. The minimum absolute atomic E-state index is 0.0377. The quantitative estimate of drug-likeness (QED) is 0.682. The third kappa shape index (κ3) is 5.81. The highest BCUT2D eigenvalue weighted by molar-refractivity contribution is 7.89. The molecule has 3 N–H and O–H groups in total. The molecule has 1 amide bonds. The fourth-order valence-corrected chi connectivity index (χ4v) is 2.87. The van der Waals surface area contributed by atoms with Gasteiger partial charge in [-0.2, -0.15) is 0 Å². The molecule has 0 spiro atoms. The number of carbonyl (C=O) groups is 1. The molecule has 0 radical (unpaired) electrons. The number of amides is 1. The summed E-state index contributed by atoms with van der Waals surface area (Å²) in [6.07, 6.45) is 0.0805. The number of likely N-dealkylation sites (N-methyl/N-ethyl adjacent to an activating group) is 1. The van der Waals surface area contributed by atoms with Crippen molar-refractivity contribution in [3.05, 3.63) is 24.3 Å². The lowest BCUT2D eigenvalue weighted by Gasteiger charge is -2.23. The lowest BCUT2D eigenvalue weighted by atomic mass is 10.2. The van der Waals surface area contributed by atoms with Crippen molar-refractivity contribution in [2.24, 2.45) is 5.73 Å². The van der Waals surface area contributed by atoms with Crippen LogP contribution in [0.5, 0.6) is 5.75 Å². The molecule has 1 unspecified atom stereocenters. The monoisotopic (exact) mass is 343 g/mol. The van der Waals surface area contributed by atoms with E-state index in [1.807, 2.05) is 13.8 Å². The number of nitrogens with zero attached hydrogens (tertiary/aromatic N) is 1. The predicted molar refractivity (Wildman–Crippen MR) is 88.7 cm³/mol. The Morgan fingerprint density at radius 3 is 2.48 bits per heavy atom. The van der Waals surface area contributed by atoms with Crippen molar-refractivity contribution < 1.29 is 17.9 Å². The number of ether oxygens (including phenoxy) is 1. The van der Waals surface area contributed by atoms with Gasteiger partial charge in [-0.3, -0.25) is 4.79 Å². The lowest BCUT2D eigenvalue weighted by molar-refractivity contribution is -0.131. The molecule has 0 aliphatic rings. The van der Waals surface area contributed by atoms with Crippen LogP contribution in [0.2, 0.25) is 0 Å². The van der Waals surface area contributed by atoms with Crippen LogP contribution in [0, 0.1) is 0 Å². The first-order valence-corrected chi connectivity index (χ1v) is 8.98. The van der Waals surface area contributed by atoms with E-state index in [-0.39, 0.29) is 29.8 Å². The molecule has 0 aliphatic heterocycles. The molecule has 0 fully saturated rings. The smallest absolute Gasteiger partial charge is 0.240 e. The average molecular weight is 343 g/mol. The number of hydrogen-bond acceptors (Lipinski definition) is 5. The fourth-order valence-electron chi connectivity index (χ4n) is 1.84. The zero-order chi connectivity index (χ0) is 17.5. The first-order valence-electron chi connectivity index (χ1n) is 7.50. The summed E-state index contributed by atoms with van der Waals surface area (Å²) in [4.78, 5) is 13.6. The standard InChI is InChI=1S/C15H25N3O4S/c1-4-22-13-5-7-14(8-6-13)23(20,21)17-10-9-15(19)18(3)12(2)11-16/h5-8,12,17H,4,9-11,16H2,1-3H3. The molecule has 23 heavy (non-hydrogen) atoms. The average Bonchev–Trinajstić information content (AvgIpc) is 2.54. The van der Waals surface area contributed by atoms with Gasteiger partial charge in [-0.1, -0.05) is 0 Å². The molecular weight excluding hydrogens is 318 g/mol. The molecule has 1 aromatic rings. The summed E-state index contributed by atoms with van der Waals surface area (Å²) in [5.74, 6) is 0.455. The molecule has 1 rings (SSSR count). The van der Waals surface area contributed by atoms with Crippen molar-refractivity contribution in [1.29, 1.82) is 0 Å². The van der Waals surface area contributed by atoms with E-state index < -0.39 is 10.0 Å². The van der Waals surface area contributed by atoms with E-state index in [2.05, 4.69) is 4.72 Å². The van der Waals surface area contributed by atoms with E-state index in [9.17, 15) is 13.2 Å². The summed E-state index contributed by atoms with van der Waals surface area (Å²) < 4.78 is 32.0. The van der Waals surface area contributed by atoms with Crippen LogP contribution in [-0.2, 0) is 14.8 Å². The van der Waals surface area contributed by atoms with Gasteiger partial charge in [0.2, 0.25) is 15.9 Å². The van der Waals surface area contributed by atoms with E-state index >= 15 is 0 Å². The molecular formula is C15H25N3O4S. The zero-order valence-corrected chi connectivity index (χ0v) is 14.6. The van der Waals surface area contributed by atoms with Gasteiger partial charge < -0.3 is 15.4 Å². The van der Waals surface area contributed by atoms with Crippen molar-refractivity contribution in [2.45, 2.75) is 31.2 Å². The van der Waals surface area contributed by atoms with E-state index in [1.54, 1.807) is 19.2 Å². The van der Waals surface area contributed by atoms with Crippen LogP contribution in [-0.4, -0.2) is 52.0 Å². The maximum Gasteiger partial charge on any atom is 0.240 e. The van der Waals surface area contributed by atoms with Crippen LogP contribution in [0.25, 0.3) is 0 Å². The topological polar surface area (TPSA) is 102 Å². The maximum atomic E-state index is 12.1. The second-order valence-electron chi connectivity index (χ2n) is 5.14. The number of nitrogens with one attached hydrogen (secondary N) is 1. The van der Waals surface area contributed by atoms with Crippen molar-refractivity contribution in [3.63, 3.8) is 0 Å². The van der Waals surface area contributed by atoms with Gasteiger partial charge >= 0.3 is 0 Å². The third-order valence-electron chi connectivity index (χ3n) is 3.47. The molecule has 0 aliphatic carbocycles. The number of carbonyl (C=O) groups excluding carboxylic acids is 1. The maximum absolute atomic E-state index is 12.1. The van der Waals surface area contributed by atoms with Gasteiger partial charge in [0.15, 0.2) is 0 Å². The zero-order valence-electron chi connectivity index (χ0n) is 13.8. The van der Waals surface area contributed by atoms with Gasteiger partial charge in [-0.15, -0.1) is 0 Å². The largest absolute Gasteiger partial charge is 0.494 e. The Kier molecular flexibility index (Phi) is 7.47. The van der Waals surface area contributed by atoms with Crippen LogP contribution < -0.4 is 15.2 Å². The Labute approximate surface area is 137 Å². The Morgan fingerprint density at radius 2 is 1.96 bits per heavy atom. The predicted octanol–water partition coefficient (Wildman–Crippen LogP) is 0.559. The van der Waals surface area contributed by atoms with Gasteiger partial charge in [-0.25, -0.2) is 13.1 Å². The summed E-state index contributed by atoms with van der Waals surface area (Å²) in [6.45, 7) is 4.60. The van der Waals surface area contributed by atoms with E-state index in [0.29, 0.717) is 18.9 Å². The van der Waals surface area contributed by atoms with Gasteiger partial charge in [0.25, 0.3) is 0 Å². The summed E-state index contributed by atoms with van der Waals surface area (Å²) in [6, 6.07) is 6.06. The van der Waals surface area contributed by atoms with Crippen molar-refractivity contribution in [1.82, 2.24) is 9.62 Å². The van der Waals surface area contributed by atoms with Crippen LogP contribution in [0.3, 0.4) is 0 Å². The SMILES string of the molecule is CCOc1ccc(S(=O)(=O)NCCC(=O)N(C)C(C)CN)cc1. The van der Waals surface area contributed by atoms with E-state index in [0.717, 1.165) is 0 Å². The van der Waals surface area contributed by atoms with E-state index in [1.165, 1.54) is 17.0 Å². The number of nitrogens with two attached hydrogens (primary N) is 1. The Balaban J connectivity index is 2.57. The van der Waals surface area contributed by atoms with Gasteiger partial charge in [0, 0.05) is 32.6 Å². The van der Waals surface area contributed by atoms with Crippen molar-refractivity contribution in [2.75, 3.05) is 26.7 Å². The first-order chi connectivity index (χ1) is 10.8. The van der Waals surface area contributed by atoms with Crippen LogP contribution in [0.1, 0.15) is 20.3 Å². The third-order valence-corrected chi connectivity index (χ3v) is 4.95. The summed E-state index contributed by atoms with van der Waals surface area (Å²) in [5.41, 5.74) is 5.50. The van der Waals surface area contributed by atoms with Gasteiger partial charge in [-0.05, 0) is 38.1 Å². The highest BCUT2D eigenvalue weighted by atomic mass is 32.2. The van der Waals surface area contributed by atoms with Gasteiger partial charge in [0.1, 0.15) is 5.75 Å². The van der Waals surface area contributed by atoms with Crippen molar-refractivity contribution in [3.8, 4) is 5.75 Å². The summed E-state index contributed by atoms with van der Waals surface area (Å²) in [5, 5.41) is 0. The number of benzene rings is 1. The second-order valence-corrected chi connectivity index (χ2v) is 6.91. The molecule has 1 aromatic carbocycles. The molecule has 130 valence electrons. The molecule has 0 saturated carbocycles. The molecule has 1 atom stereocenters. The lowest BCUT2D eigenvalue weighted by Crippen LogP contribution is -2.41. The molecule has 0 saturated heterocycles. The Morgan fingerprint density at radius 1 is 1.35 bits per heavy atom. The molecule has 0 bridgehead atoms. The van der Waals surface area contributed by atoms with Crippen molar-refractivity contribution >= 4 is 15.9 Å². The molecule has 7 nitrogen and oxygen atoms in total. The summed E-state index contributed by atoms with van der Waals surface area (Å²) >= 11 is 0. The van der Waals surface area contributed by atoms with Crippen LogP contribution in [0.4, 0.5) is 0 Å². The highest BCUT2D eigenvalue weighted by Gasteiger charge is 2.17. The molecule has 8 heteroatoms. The highest BCUT2D eigenvalue weighted by Crippen LogP contribution is 2.15. The molecule has 0 heterocycles. The Hall–Kier alpha value is -1.64. The Bertz CT molecular complexity index is 602. The fraction of sp³-hybridized carbons (Fsp3) is 0.533. The van der Waals surface area contributed by atoms with Crippen LogP contribution >= 0.6 is 0 Å². The minimum atomic E-state index is -3.64. The first kappa shape index (κ1) is 19.4. The number of sulfonamides is 1. The second kappa shape index (κ2) is 8.85. The van der Waals surface area contributed by atoms with E-state index in [4.69, 9.17) is 10.5 Å². The number of rotatable bonds is 9. The number of hydrogen-bond donors (Lipinski definition) is 2. The molecule has 0 aromatic heterocycles. The van der Waals surface area contributed by atoms with Gasteiger partial charge in [0.05, 0.1) is 11.5 Å².